The zero-order valence-corrected chi connectivity index (χ0v) is 22.1. The number of hydrogen-bond acceptors (Lipinski definition) is 1. The molecule has 0 heterocycles. The molecule has 0 spiro atoms. The van der Waals surface area contributed by atoms with Crippen molar-refractivity contribution in [1.82, 2.24) is 0 Å². The quantitative estimate of drug-likeness (QED) is 0.126. The highest BCUT2D eigenvalue weighted by Gasteiger charge is 1.97. The van der Waals surface area contributed by atoms with Crippen LogP contribution in [0.3, 0.4) is 0 Å². The van der Waals surface area contributed by atoms with E-state index in [2.05, 4.69) is 6.92 Å². The summed E-state index contributed by atoms with van der Waals surface area (Å²) in [7, 11) is 0. The third-order valence-electron chi connectivity index (χ3n) is 6.98. The van der Waals surface area contributed by atoms with Gasteiger partial charge >= 0.3 is 0 Å². The minimum atomic E-state index is -0.102. The Morgan fingerprint density at radius 2 is 0.548 bits per heavy atom. The zero-order chi connectivity index (χ0) is 22.7. The summed E-state index contributed by atoms with van der Waals surface area (Å²) in [5.74, 6) is 0. The number of unbranched alkanes of at least 4 members (excludes halogenated alkanes) is 25. The Hall–Kier alpha value is -0.0400. The van der Waals surface area contributed by atoms with Crippen LogP contribution in [0, 0.1) is 0 Å². The Kier molecular flexibility index (Phi) is 28.0. The summed E-state index contributed by atoms with van der Waals surface area (Å²) in [6, 6.07) is 0. The Morgan fingerprint density at radius 3 is 0.742 bits per heavy atom. The van der Waals surface area contributed by atoms with Gasteiger partial charge in [-0.25, -0.2) is 0 Å². The summed E-state index contributed by atoms with van der Waals surface area (Å²) in [5.41, 5.74) is 0. The second kappa shape index (κ2) is 28.0. The molecule has 0 fully saturated rings. The van der Waals surface area contributed by atoms with Gasteiger partial charge in [0, 0.05) is 0 Å². The maximum Gasteiger partial charge on any atom is 0.0512 e. The molecule has 1 unspecified atom stereocenters. The molecule has 1 heteroatoms. The Labute approximate surface area is 198 Å². The first-order valence-corrected chi connectivity index (χ1v) is 15.0. The topological polar surface area (TPSA) is 20.2 Å². The van der Waals surface area contributed by atoms with Gasteiger partial charge in [-0.05, 0) is 13.3 Å². The van der Waals surface area contributed by atoms with Crippen LogP contribution >= 0.6 is 0 Å². The third kappa shape index (κ3) is 30.0. The van der Waals surface area contributed by atoms with Crippen LogP contribution in [-0.4, -0.2) is 11.2 Å². The number of aliphatic hydroxyl groups excluding tert-OH is 1. The van der Waals surface area contributed by atoms with E-state index in [1.165, 1.54) is 167 Å². The number of rotatable bonds is 27. The summed E-state index contributed by atoms with van der Waals surface area (Å²) >= 11 is 0. The Balaban J connectivity index is 2.99. The second-order valence-electron chi connectivity index (χ2n) is 10.5. The standard InChI is InChI=1S/C30H62O/c1-3-4-5-6-7-8-9-10-11-12-13-14-15-16-17-18-19-20-21-22-23-24-25-26-27-28-29-30(2)31/h30-31H,3-29H2,1-2H3. The summed E-state index contributed by atoms with van der Waals surface area (Å²) in [5, 5.41) is 9.24. The zero-order valence-electron chi connectivity index (χ0n) is 22.1. The lowest BCUT2D eigenvalue weighted by Crippen LogP contribution is -1.98. The maximum absolute atomic E-state index is 9.24. The average Bonchev–Trinajstić information content (AvgIpc) is 2.76. The molecule has 0 aromatic carbocycles. The minimum Gasteiger partial charge on any atom is -0.393 e. The van der Waals surface area contributed by atoms with Crippen molar-refractivity contribution in [2.45, 2.75) is 193 Å². The predicted octanol–water partition coefficient (Wildman–Crippen LogP) is 10.9. The maximum atomic E-state index is 9.24. The smallest absolute Gasteiger partial charge is 0.0512 e. The van der Waals surface area contributed by atoms with Crippen LogP contribution in [0.25, 0.3) is 0 Å². The molecule has 188 valence electrons. The molecular formula is C30H62O. The molecule has 0 aliphatic carbocycles. The molecule has 0 saturated carbocycles. The van der Waals surface area contributed by atoms with E-state index in [-0.39, 0.29) is 6.10 Å². The van der Waals surface area contributed by atoms with Gasteiger partial charge < -0.3 is 5.11 Å². The first-order valence-electron chi connectivity index (χ1n) is 15.0. The molecule has 31 heavy (non-hydrogen) atoms. The molecular weight excluding hydrogens is 376 g/mol. The first-order chi connectivity index (χ1) is 15.3. The highest BCUT2D eigenvalue weighted by Crippen LogP contribution is 2.16. The van der Waals surface area contributed by atoms with Gasteiger partial charge in [0.25, 0.3) is 0 Å². The summed E-state index contributed by atoms with van der Waals surface area (Å²) < 4.78 is 0. The van der Waals surface area contributed by atoms with Crippen LogP contribution in [0.4, 0.5) is 0 Å². The lowest BCUT2D eigenvalue weighted by atomic mass is 10.0. The molecule has 1 nitrogen and oxygen atoms in total. The van der Waals surface area contributed by atoms with Crippen molar-refractivity contribution >= 4 is 0 Å². The Bertz CT molecular complexity index is 299. The second-order valence-corrected chi connectivity index (χ2v) is 10.5. The van der Waals surface area contributed by atoms with Crippen LogP contribution < -0.4 is 0 Å². The highest BCUT2D eigenvalue weighted by atomic mass is 16.3. The van der Waals surface area contributed by atoms with Crippen molar-refractivity contribution in [2.24, 2.45) is 0 Å². The van der Waals surface area contributed by atoms with Crippen molar-refractivity contribution in [2.75, 3.05) is 0 Å². The monoisotopic (exact) mass is 438 g/mol. The van der Waals surface area contributed by atoms with E-state index in [1.54, 1.807) is 0 Å². The van der Waals surface area contributed by atoms with E-state index in [0.29, 0.717) is 0 Å². The normalized spacial score (nSPS) is 12.5. The number of hydrogen-bond donors (Lipinski definition) is 1. The van der Waals surface area contributed by atoms with Crippen molar-refractivity contribution in [3.05, 3.63) is 0 Å². The van der Waals surface area contributed by atoms with Crippen LogP contribution in [-0.2, 0) is 0 Å². The van der Waals surface area contributed by atoms with Gasteiger partial charge in [0.1, 0.15) is 0 Å². The van der Waals surface area contributed by atoms with Gasteiger partial charge in [0.15, 0.2) is 0 Å². The molecule has 0 saturated heterocycles. The first kappa shape index (κ1) is 31.0. The lowest BCUT2D eigenvalue weighted by Gasteiger charge is -2.05. The van der Waals surface area contributed by atoms with Crippen molar-refractivity contribution in [1.29, 1.82) is 0 Å². The largest absolute Gasteiger partial charge is 0.393 e. The van der Waals surface area contributed by atoms with Crippen molar-refractivity contribution in [3.63, 3.8) is 0 Å². The van der Waals surface area contributed by atoms with Gasteiger partial charge in [-0.2, -0.15) is 0 Å². The van der Waals surface area contributed by atoms with E-state index in [1.807, 2.05) is 6.92 Å². The molecule has 1 N–H and O–H groups in total. The van der Waals surface area contributed by atoms with E-state index in [9.17, 15) is 5.11 Å². The van der Waals surface area contributed by atoms with Gasteiger partial charge in [-0.3, -0.25) is 0 Å². The van der Waals surface area contributed by atoms with Crippen molar-refractivity contribution < 1.29 is 5.11 Å². The van der Waals surface area contributed by atoms with E-state index < -0.39 is 0 Å². The number of aliphatic hydroxyl groups is 1. The molecule has 0 radical (unpaired) electrons. The molecule has 0 rings (SSSR count). The fraction of sp³-hybridized carbons (Fsp3) is 1.00. The van der Waals surface area contributed by atoms with Crippen molar-refractivity contribution in [3.8, 4) is 0 Å². The van der Waals surface area contributed by atoms with Crippen LogP contribution in [0.5, 0.6) is 0 Å². The van der Waals surface area contributed by atoms with Gasteiger partial charge in [-0.1, -0.05) is 174 Å². The van der Waals surface area contributed by atoms with E-state index in [4.69, 9.17) is 0 Å². The molecule has 1 atom stereocenters. The van der Waals surface area contributed by atoms with Gasteiger partial charge in [0.2, 0.25) is 0 Å². The molecule has 0 bridgehead atoms. The van der Waals surface area contributed by atoms with Gasteiger partial charge in [-0.15, -0.1) is 0 Å². The molecule has 0 aliphatic rings. The average molecular weight is 439 g/mol. The van der Waals surface area contributed by atoms with Crippen LogP contribution in [0.2, 0.25) is 0 Å². The fourth-order valence-electron chi connectivity index (χ4n) is 4.76. The minimum absolute atomic E-state index is 0.102. The van der Waals surface area contributed by atoms with Crippen LogP contribution in [0.15, 0.2) is 0 Å². The lowest BCUT2D eigenvalue weighted by molar-refractivity contribution is 0.180. The molecule has 0 aromatic heterocycles. The third-order valence-corrected chi connectivity index (χ3v) is 6.98. The van der Waals surface area contributed by atoms with Crippen LogP contribution in [0.1, 0.15) is 187 Å². The fourth-order valence-corrected chi connectivity index (χ4v) is 4.76. The predicted molar refractivity (Wildman–Crippen MR) is 142 cm³/mol. The Morgan fingerprint density at radius 1 is 0.355 bits per heavy atom. The SMILES string of the molecule is CCCCCCCCCCCCCCCCCCCCCCCCCCCCC(C)O. The summed E-state index contributed by atoms with van der Waals surface area (Å²) in [6.45, 7) is 4.20. The van der Waals surface area contributed by atoms with Gasteiger partial charge in [0.05, 0.1) is 6.10 Å². The highest BCUT2D eigenvalue weighted by molar-refractivity contribution is 4.52. The summed E-state index contributed by atoms with van der Waals surface area (Å²) in [4.78, 5) is 0. The molecule has 0 aliphatic heterocycles. The van der Waals surface area contributed by atoms with E-state index >= 15 is 0 Å². The summed E-state index contributed by atoms with van der Waals surface area (Å²) in [6.07, 6.45) is 38.4. The molecule has 0 amide bonds. The molecule has 0 aromatic rings. The van der Waals surface area contributed by atoms with E-state index in [0.717, 1.165) is 6.42 Å².